The zero-order chi connectivity index (χ0) is 14.4. The second kappa shape index (κ2) is 7.68. The van der Waals surface area contributed by atoms with Crippen molar-refractivity contribution in [2.75, 3.05) is 26.2 Å². The van der Waals surface area contributed by atoms with Gasteiger partial charge < -0.3 is 10.5 Å². The van der Waals surface area contributed by atoms with E-state index in [1.807, 2.05) is 5.38 Å². The molecular weight excluding hydrogens is 278 g/mol. The van der Waals surface area contributed by atoms with E-state index in [0.717, 1.165) is 51.1 Å². The Labute approximate surface area is 122 Å². The van der Waals surface area contributed by atoms with Crippen LogP contribution in [0.2, 0.25) is 0 Å². The van der Waals surface area contributed by atoms with Gasteiger partial charge in [0.1, 0.15) is 0 Å². The SMILES string of the molecule is NCCCOC1CCN(Cc2csc([N+](=O)[O-])c2)CC1. The van der Waals surface area contributed by atoms with E-state index in [1.54, 1.807) is 6.07 Å². The normalized spacial score (nSPS) is 17.4. The number of thiophene rings is 1. The monoisotopic (exact) mass is 299 g/mol. The molecule has 0 bridgehead atoms. The molecule has 0 saturated carbocycles. The zero-order valence-corrected chi connectivity index (χ0v) is 12.3. The molecule has 0 radical (unpaired) electrons. The quantitative estimate of drug-likeness (QED) is 0.473. The van der Waals surface area contributed by atoms with Crippen molar-refractivity contribution in [3.8, 4) is 0 Å². The lowest BCUT2D eigenvalue weighted by Crippen LogP contribution is -2.36. The van der Waals surface area contributed by atoms with E-state index < -0.39 is 0 Å². The average Bonchev–Trinajstić information content (AvgIpc) is 2.90. The lowest BCUT2D eigenvalue weighted by Gasteiger charge is -2.31. The van der Waals surface area contributed by atoms with Crippen molar-refractivity contribution < 1.29 is 9.66 Å². The van der Waals surface area contributed by atoms with Crippen LogP contribution in [0.4, 0.5) is 5.00 Å². The molecule has 1 aromatic rings. The van der Waals surface area contributed by atoms with Crippen LogP contribution in [-0.4, -0.2) is 42.2 Å². The van der Waals surface area contributed by atoms with Crippen LogP contribution in [0.1, 0.15) is 24.8 Å². The summed E-state index contributed by atoms with van der Waals surface area (Å²) in [7, 11) is 0. The molecule has 2 heterocycles. The standard InChI is InChI=1S/C13H21N3O3S/c14-4-1-7-19-12-2-5-15(6-3-12)9-11-8-13(16(17)18)20-10-11/h8,10,12H,1-7,9,14H2. The Morgan fingerprint density at radius 2 is 2.25 bits per heavy atom. The summed E-state index contributed by atoms with van der Waals surface area (Å²) < 4.78 is 5.76. The van der Waals surface area contributed by atoms with Gasteiger partial charge in [0.05, 0.1) is 11.0 Å². The van der Waals surface area contributed by atoms with Gasteiger partial charge in [-0.15, -0.1) is 0 Å². The molecule has 0 spiro atoms. The van der Waals surface area contributed by atoms with Crippen LogP contribution in [0.25, 0.3) is 0 Å². The number of hydrogen-bond acceptors (Lipinski definition) is 6. The van der Waals surface area contributed by atoms with Crippen molar-refractivity contribution in [2.24, 2.45) is 5.73 Å². The molecule has 112 valence electrons. The molecule has 0 amide bonds. The molecule has 1 saturated heterocycles. The largest absolute Gasteiger partial charge is 0.378 e. The summed E-state index contributed by atoms with van der Waals surface area (Å²) in [5, 5.41) is 12.8. The second-order valence-corrected chi connectivity index (χ2v) is 5.93. The van der Waals surface area contributed by atoms with Crippen molar-refractivity contribution in [2.45, 2.75) is 31.9 Å². The third-order valence-corrected chi connectivity index (χ3v) is 4.39. The number of nitro groups is 1. The third-order valence-electron chi connectivity index (χ3n) is 3.46. The van der Waals surface area contributed by atoms with E-state index in [4.69, 9.17) is 10.5 Å². The summed E-state index contributed by atoms with van der Waals surface area (Å²) in [5.41, 5.74) is 6.47. The summed E-state index contributed by atoms with van der Waals surface area (Å²) >= 11 is 1.20. The molecule has 1 aromatic heterocycles. The smallest absolute Gasteiger partial charge is 0.324 e. The first-order valence-electron chi connectivity index (χ1n) is 6.95. The van der Waals surface area contributed by atoms with Crippen LogP contribution in [0, 0.1) is 10.1 Å². The van der Waals surface area contributed by atoms with Gasteiger partial charge in [-0.3, -0.25) is 15.0 Å². The van der Waals surface area contributed by atoms with Gasteiger partial charge in [0.2, 0.25) is 0 Å². The van der Waals surface area contributed by atoms with Crippen LogP contribution in [-0.2, 0) is 11.3 Å². The fourth-order valence-corrected chi connectivity index (χ4v) is 3.09. The minimum Gasteiger partial charge on any atom is -0.378 e. The van der Waals surface area contributed by atoms with Crippen LogP contribution in [0.3, 0.4) is 0 Å². The average molecular weight is 299 g/mol. The van der Waals surface area contributed by atoms with Crippen LogP contribution >= 0.6 is 11.3 Å². The number of likely N-dealkylation sites (tertiary alicyclic amines) is 1. The Balaban J connectivity index is 1.72. The predicted molar refractivity (Wildman–Crippen MR) is 78.9 cm³/mol. The Morgan fingerprint density at radius 1 is 1.50 bits per heavy atom. The van der Waals surface area contributed by atoms with Gasteiger partial charge in [-0.1, -0.05) is 11.3 Å². The van der Waals surface area contributed by atoms with E-state index in [1.165, 1.54) is 11.3 Å². The fraction of sp³-hybridized carbons (Fsp3) is 0.692. The Bertz CT molecular complexity index is 430. The zero-order valence-electron chi connectivity index (χ0n) is 11.5. The number of nitrogens with two attached hydrogens (primary N) is 1. The van der Waals surface area contributed by atoms with Crippen molar-refractivity contribution in [3.05, 3.63) is 27.1 Å². The van der Waals surface area contributed by atoms with E-state index in [9.17, 15) is 10.1 Å². The number of rotatable bonds is 7. The Morgan fingerprint density at radius 3 is 2.85 bits per heavy atom. The molecular formula is C13H21N3O3S. The molecule has 1 fully saturated rings. The summed E-state index contributed by atoms with van der Waals surface area (Å²) in [6.07, 6.45) is 3.31. The maximum atomic E-state index is 10.7. The predicted octanol–water partition coefficient (Wildman–Crippen LogP) is 1.99. The van der Waals surface area contributed by atoms with Gasteiger partial charge in [0.25, 0.3) is 0 Å². The van der Waals surface area contributed by atoms with Crippen molar-refractivity contribution >= 4 is 16.3 Å². The van der Waals surface area contributed by atoms with Crippen LogP contribution in [0.5, 0.6) is 0 Å². The molecule has 7 heteroatoms. The lowest BCUT2D eigenvalue weighted by atomic mass is 10.1. The highest BCUT2D eigenvalue weighted by Gasteiger charge is 2.20. The van der Waals surface area contributed by atoms with Gasteiger partial charge in [-0.05, 0) is 31.4 Å². The molecule has 0 aliphatic carbocycles. The first-order valence-corrected chi connectivity index (χ1v) is 7.83. The van der Waals surface area contributed by atoms with Gasteiger partial charge >= 0.3 is 5.00 Å². The molecule has 6 nitrogen and oxygen atoms in total. The van der Waals surface area contributed by atoms with Crippen LogP contribution < -0.4 is 5.73 Å². The Kier molecular flexibility index (Phi) is 5.90. The van der Waals surface area contributed by atoms with E-state index in [0.29, 0.717) is 12.6 Å². The third kappa shape index (κ3) is 4.52. The molecule has 0 atom stereocenters. The minimum atomic E-state index is -0.328. The topological polar surface area (TPSA) is 81.6 Å². The minimum absolute atomic E-state index is 0.222. The lowest BCUT2D eigenvalue weighted by molar-refractivity contribution is -0.380. The molecule has 1 aliphatic rings. The number of ether oxygens (including phenoxy) is 1. The van der Waals surface area contributed by atoms with Gasteiger partial charge in [-0.25, -0.2) is 0 Å². The second-order valence-electron chi connectivity index (χ2n) is 5.04. The van der Waals surface area contributed by atoms with E-state index >= 15 is 0 Å². The summed E-state index contributed by atoms with van der Waals surface area (Å²) in [6.45, 7) is 4.18. The van der Waals surface area contributed by atoms with Gasteiger partial charge in [0, 0.05) is 37.7 Å². The van der Waals surface area contributed by atoms with E-state index in [-0.39, 0.29) is 9.92 Å². The Hall–Kier alpha value is -1.02. The highest BCUT2D eigenvalue weighted by molar-refractivity contribution is 7.13. The summed E-state index contributed by atoms with van der Waals surface area (Å²) in [4.78, 5) is 12.7. The number of piperidine rings is 1. The first-order chi connectivity index (χ1) is 9.69. The highest BCUT2D eigenvalue weighted by atomic mass is 32.1. The molecule has 2 rings (SSSR count). The fourth-order valence-electron chi connectivity index (χ4n) is 2.37. The van der Waals surface area contributed by atoms with Crippen molar-refractivity contribution in [1.82, 2.24) is 4.90 Å². The molecule has 1 aliphatic heterocycles. The molecule has 2 N–H and O–H groups in total. The maximum absolute atomic E-state index is 10.7. The summed E-state index contributed by atoms with van der Waals surface area (Å²) in [6, 6.07) is 1.68. The van der Waals surface area contributed by atoms with Crippen LogP contribution in [0.15, 0.2) is 11.4 Å². The first kappa shape index (κ1) is 15.4. The van der Waals surface area contributed by atoms with Crippen molar-refractivity contribution in [3.63, 3.8) is 0 Å². The molecule has 20 heavy (non-hydrogen) atoms. The molecule has 0 unspecified atom stereocenters. The van der Waals surface area contributed by atoms with Gasteiger partial charge in [0.15, 0.2) is 0 Å². The maximum Gasteiger partial charge on any atom is 0.324 e. The number of hydrogen-bond donors (Lipinski definition) is 1. The van der Waals surface area contributed by atoms with Gasteiger partial charge in [-0.2, -0.15) is 0 Å². The highest BCUT2D eigenvalue weighted by Crippen LogP contribution is 2.24. The van der Waals surface area contributed by atoms with Crippen molar-refractivity contribution in [1.29, 1.82) is 0 Å². The van der Waals surface area contributed by atoms with E-state index in [2.05, 4.69) is 4.90 Å². The number of nitrogens with zero attached hydrogens (tertiary/aromatic N) is 2. The summed E-state index contributed by atoms with van der Waals surface area (Å²) in [5.74, 6) is 0. The molecule has 0 aromatic carbocycles.